The molecule has 0 saturated heterocycles. The van der Waals surface area contributed by atoms with Crippen LogP contribution in [0.2, 0.25) is 0 Å². The highest BCUT2D eigenvalue weighted by atomic mass is 79.9. The predicted molar refractivity (Wildman–Crippen MR) is 95.6 cm³/mol. The maximum atomic E-state index is 12.3. The third-order valence-electron chi connectivity index (χ3n) is 3.26. The summed E-state index contributed by atoms with van der Waals surface area (Å²) in [5.74, 6) is -0.503. The summed E-state index contributed by atoms with van der Waals surface area (Å²) in [5, 5.41) is 13.7. The monoisotopic (exact) mass is 465 g/mol. The van der Waals surface area contributed by atoms with Crippen molar-refractivity contribution in [2.45, 2.75) is 15.1 Å². The fraction of sp³-hybridized carbons (Fsp3) is 0.214. The van der Waals surface area contributed by atoms with Crippen LogP contribution in [0.1, 0.15) is 16.8 Å². The molecule has 0 fully saturated rings. The van der Waals surface area contributed by atoms with Crippen molar-refractivity contribution in [1.29, 1.82) is 0 Å². The largest absolute Gasteiger partial charge is 0.507 e. The molecule has 0 amide bonds. The number of aromatic hydroxyl groups is 1. The Morgan fingerprint density at radius 3 is 2.48 bits per heavy atom. The zero-order valence-electron chi connectivity index (χ0n) is 11.9. The lowest BCUT2D eigenvalue weighted by molar-refractivity contribution is 0.0989. The maximum absolute atomic E-state index is 12.3. The first kappa shape index (κ1) is 18.2. The number of hydrogen-bond acceptors (Lipinski definition) is 5. The van der Waals surface area contributed by atoms with Gasteiger partial charge in [0.05, 0.1) is 14.3 Å². The predicted octanol–water partition coefficient (Wildman–Crippen LogP) is 3.52. The van der Waals surface area contributed by atoms with Crippen molar-refractivity contribution in [3.8, 4) is 5.75 Å². The lowest BCUT2D eigenvalue weighted by atomic mass is 9.99. The highest BCUT2D eigenvalue weighted by molar-refractivity contribution is 9.24. The number of nitrogens with one attached hydrogen (secondary N) is 1. The van der Waals surface area contributed by atoms with Crippen LogP contribution in [-0.4, -0.2) is 34.6 Å². The van der Waals surface area contributed by atoms with Gasteiger partial charge in [0.15, 0.2) is 5.78 Å². The molecule has 0 saturated carbocycles. The van der Waals surface area contributed by atoms with E-state index in [2.05, 4.69) is 37.2 Å². The van der Waals surface area contributed by atoms with Crippen molar-refractivity contribution in [3.63, 3.8) is 0 Å². The average Bonchev–Trinajstić information content (AvgIpc) is 2.43. The molecule has 0 aliphatic rings. The molecule has 0 spiro atoms. The van der Waals surface area contributed by atoms with E-state index in [1.807, 2.05) is 0 Å². The van der Waals surface area contributed by atoms with Crippen LogP contribution in [0.4, 0.5) is 5.69 Å². The second kappa shape index (κ2) is 6.76. The van der Waals surface area contributed by atoms with Gasteiger partial charge in [-0.1, -0.05) is 37.9 Å². The number of ketones is 1. The van der Waals surface area contributed by atoms with E-state index >= 15 is 0 Å². The summed E-state index contributed by atoms with van der Waals surface area (Å²) >= 11 is 6.49. The number of anilines is 1. The Kier molecular flexibility index (Phi) is 5.34. The summed E-state index contributed by atoms with van der Waals surface area (Å²) in [6.45, 7) is 0. The molecule has 0 unspecified atom stereocenters. The summed E-state index contributed by atoms with van der Waals surface area (Å²) < 4.78 is 31.4. The Bertz CT molecular complexity index is 880. The third kappa shape index (κ3) is 3.85. The number of fused-ring (bicyclic) bond motifs is 1. The van der Waals surface area contributed by atoms with Gasteiger partial charge >= 0.3 is 0 Å². The van der Waals surface area contributed by atoms with Crippen LogP contribution in [0.5, 0.6) is 5.75 Å². The number of carbonyl (C=O) groups is 1. The fourth-order valence-electron chi connectivity index (χ4n) is 2.31. The van der Waals surface area contributed by atoms with E-state index in [-0.39, 0.29) is 21.7 Å². The minimum atomic E-state index is -4.44. The molecule has 2 rings (SSSR count). The number of alkyl halides is 2. The molecule has 0 aliphatic heterocycles. The van der Waals surface area contributed by atoms with Crippen LogP contribution in [-0.2, 0) is 10.1 Å². The molecule has 23 heavy (non-hydrogen) atoms. The molecule has 0 bridgehead atoms. The van der Waals surface area contributed by atoms with Gasteiger partial charge in [0.1, 0.15) is 5.75 Å². The van der Waals surface area contributed by atoms with E-state index in [0.29, 0.717) is 22.0 Å². The molecule has 3 N–H and O–H groups in total. The van der Waals surface area contributed by atoms with E-state index in [9.17, 15) is 18.3 Å². The number of Topliss-reactive ketones (excluding diaryl/α,β-unsaturated/α-hetero) is 1. The third-order valence-corrected chi connectivity index (χ3v) is 4.74. The quantitative estimate of drug-likeness (QED) is 0.354. The van der Waals surface area contributed by atoms with E-state index in [1.165, 1.54) is 12.1 Å². The molecule has 2 aromatic rings. The van der Waals surface area contributed by atoms with Crippen LogP contribution in [0.3, 0.4) is 0 Å². The van der Waals surface area contributed by atoms with Gasteiger partial charge in [0.2, 0.25) is 0 Å². The Hall–Kier alpha value is -1.16. The second-order valence-corrected chi connectivity index (χ2v) is 9.63. The van der Waals surface area contributed by atoms with Gasteiger partial charge < -0.3 is 10.4 Å². The van der Waals surface area contributed by atoms with Gasteiger partial charge in [0.25, 0.3) is 10.1 Å². The standard InChI is InChI=1S/C14H13Br2NO5S/c1-17-14-9(10(18)6-12(15)16)3-2-7-4-8(23(20,21)22)5-11(19)13(7)14/h2-5,12,17,19H,6H2,1H3,(H,20,21,22). The molecule has 124 valence electrons. The average molecular weight is 467 g/mol. The smallest absolute Gasteiger partial charge is 0.294 e. The van der Waals surface area contributed by atoms with E-state index in [0.717, 1.165) is 6.07 Å². The highest BCUT2D eigenvalue weighted by Crippen LogP contribution is 2.37. The number of halogens is 2. The van der Waals surface area contributed by atoms with Crippen molar-refractivity contribution in [2.24, 2.45) is 0 Å². The van der Waals surface area contributed by atoms with Crippen LogP contribution < -0.4 is 5.32 Å². The van der Waals surface area contributed by atoms with Crippen LogP contribution in [0, 0.1) is 0 Å². The summed E-state index contributed by atoms with van der Waals surface area (Å²) in [6, 6.07) is 5.25. The van der Waals surface area contributed by atoms with E-state index in [1.54, 1.807) is 13.1 Å². The molecule has 0 aromatic heterocycles. The van der Waals surface area contributed by atoms with Gasteiger partial charge in [-0.05, 0) is 17.5 Å². The van der Waals surface area contributed by atoms with Crippen LogP contribution in [0.25, 0.3) is 10.8 Å². The topological polar surface area (TPSA) is 104 Å². The van der Waals surface area contributed by atoms with E-state index in [4.69, 9.17) is 4.55 Å². The molecule has 0 atom stereocenters. The molecule has 0 aliphatic carbocycles. The Labute approximate surface area is 149 Å². The molecule has 0 heterocycles. The summed E-state index contributed by atoms with van der Waals surface area (Å²) in [4.78, 5) is 11.9. The fourth-order valence-corrected chi connectivity index (χ4v) is 3.43. The SMILES string of the molecule is CNc1c(C(=O)CC(Br)Br)ccc2cc(S(=O)(=O)O)cc(O)c12. The molecule has 9 heteroatoms. The molecule has 0 radical (unpaired) electrons. The first-order valence-corrected chi connectivity index (χ1v) is 9.68. The summed E-state index contributed by atoms with van der Waals surface area (Å²) in [7, 11) is -2.84. The van der Waals surface area contributed by atoms with Crippen molar-refractivity contribution in [1.82, 2.24) is 0 Å². The molecule has 6 nitrogen and oxygen atoms in total. The van der Waals surface area contributed by atoms with Crippen molar-refractivity contribution in [3.05, 3.63) is 29.8 Å². The van der Waals surface area contributed by atoms with Gasteiger partial charge in [-0.2, -0.15) is 8.42 Å². The normalized spacial score (nSPS) is 11.9. The minimum Gasteiger partial charge on any atom is -0.507 e. The van der Waals surface area contributed by atoms with Gasteiger partial charge in [-0.25, -0.2) is 0 Å². The number of hydrogen-bond donors (Lipinski definition) is 3. The highest BCUT2D eigenvalue weighted by Gasteiger charge is 2.20. The van der Waals surface area contributed by atoms with Gasteiger partial charge in [-0.15, -0.1) is 0 Å². The Morgan fingerprint density at radius 2 is 1.96 bits per heavy atom. The first-order chi connectivity index (χ1) is 10.6. The number of phenolic OH excluding ortho intramolecular Hbond substituents is 1. The lowest BCUT2D eigenvalue weighted by Gasteiger charge is -2.14. The van der Waals surface area contributed by atoms with Crippen LogP contribution in [0.15, 0.2) is 29.2 Å². The minimum absolute atomic E-state index is 0.159. The van der Waals surface area contributed by atoms with Gasteiger partial charge in [-0.3, -0.25) is 9.35 Å². The Morgan fingerprint density at radius 1 is 1.30 bits per heavy atom. The van der Waals surface area contributed by atoms with Crippen LogP contribution >= 0.6 is 31.9 Å². The number of benzene rings is 2. The lowest BCUT2D eigenvalue weighted by Crippen LogP contribution is -2.07. The zero-order chi connectivity index (χ0) is 17.4. The summed E-state index contributed by atoms with van der Waals surface area (Å²) in [6.07, 6.45) is 0.198. The Balaban J connectivity index is 2.73. The van der Waals surface area contributed by atoms with Crippen molar-refractivity contribution < 1.29 is 22.9 Å². The van der Waals surface area contributed by atoms with Crippen molar-refractivity contribution >= 4 is 64.2 Å². The van der Waals surface area contributed by atoms with Gasteiger partial charge in [0, 0.05) is 30.5 Å². The number of carbonyl (C=O) groups excluding carboxylic acids is 1. The number of rotatable bonds is 5. The molecule has 2 aromatic carbocycles. The second-order valence-electron chi connectivity index (χ2n) is 4.77. The zero-order valence-corrected chi connectivity index (χ0v) is 15.9. The maximum Gasteiger partial charge on any atom is 0.294 e. The van der Waals surface area contributed by atoms with Crippen molar-refractivity contribution in [2.75, 3.05) is 12.4 Å². The molecular formula is C14H13Br2NO5S. The first-order valence-electron chi connectivity index (χ1n) is 6.41. The molecular weight excluding hydrogens is 454 g/mol. The van der Waals surface area contributed by atoms with E-state index < -0.39 is 15.0 Å². The number of phenols is 1. The summed E-state index contributed by atoms with van der Waals surface area (Å²) in [5.41, 5.74) is 0.770.